The first kappa shape index (κ1) is 15.2. The predicted molar refractivity (Wildman–Crippen MR) is 80.2 cm³/mol. The first-order chi connectivity index (χ1) is 9.95. The van der Waals surface area contributed by atoms with E-state index >= 15 is 0 Å². The maximum absolute atomic E-state index is 12.4. The molecular weight excluding hydrogens is 290 g/mol. The van der Waals surface area contributed by atoms with E-state index in [1.54, 1.807) is 0 Å². The maximum atomic E-state index is 12.4. The molecule has 1 saturated carbocycles. The fourth-order valence-corrected chi connectivity index (χ4v) is 4.97. The second kappa shape index (κ2) is 5.85. The van der Waals surface area contributed by atoms with Gasteiger partial charge in [-0.1, -0.05) is 6.42 Å². The highest BCUT2D eigenvalue weighted by Gasteiger charge is 2.42. The lowest BCUT2D eigenvalue weighted by atomic mass is 9.93. The minimum atomic E-state index is -3.10. The van der Waals surface area contributed by atoms with Crippen molar-refractivity contribution in [2.24, 2.45) is 11.8 Å². The summed E-state index contributed by atoms with van der Waals surface area (Å²) in [4.78, 5) is 12.4. The summed E-state index contributed by atoms with van der Waals surface area (Å²) in [5.41, 5.74) is 0. The van der Waals surface area contributed by atoms with Crippen molar-refractivity contribution in [2.45, 2.75) is 44.2 Å². The van der Waals surface area contributed by atoms with E-state index in [1.807, 2.05) is 0 Å². The van der Waals surface area contributed by atoms with Crippen LogP contribution in [0, 0.1) is 11.8 Å². The summed E-state index contributed by atoms with van der Waals surface area (Å²) < 4.78 is 24.5. The number of amides is 1. The molecule has 3 aliphatic rings. The first-order valence-corrected chi connectivity index (χ1v) is 9.79. The summed E-state index contributed by atoms with van der Waals surface area (Å²) in [6.07, 6.45) is 6.30. The Morgan fingerprint density at radius 3 is 2.57 bits per heavy atom. The quantitative estimate of drug-likeness (QED) is 0.763. The van der Waals surface area contributed by atoms with E-state index in [-0.39, 0.29) is 18.0 Å². The molecule has 2 aliphatic heterocycles. The number of carbonyl (C=O) groups excluding carboxylic acids is 1. The van der Waals surface area contributed by atoms with Crippen LogP contribution in [0.25, 0.3) is 0 Å². The van der Waals surface area contributed by atoms with Crippen LogP contribution in [0.2, 0.25) is 0 Å². The lowest BCUT2D eigenvalue weighted by molar-refractivity contribution is -0.124. The van der Waals surface area contributed by atoms with Crippen molar-refractivity contribution in [3.05, 3.63) is 0 Å². The van der Waals surface area contributed by atoms with Crippen LogP contribution in [0.1, 0.15) is 32.1 Å². The zero-order valence-corrected chi connectivity index (χ0v) is 13.4. The van der Waals surface area contributed by atoms with Gasteiger partial charge in [0.15, 0.2) is 0 Å². The average Bonchev–Trinajstić information content (AvgIpc) is 3.00. The van der Waals surface area contributed by atoms with E-state index < -0.39 is 10.0 Å². The van der Waals surface area contributed by atoms with Gasteiger partial charge in [0, 0.05) is 19.1 Å². The van der Waals surface area contributed by atoms with Crippen LogP contribution in [-0.2, 0) is 14.8 Å². The number of nitrogens with zero attached hydrogens (tertiary/aromatic N) is 1. The predicted octanol–water partition coefficient (Wildman–Crippen LogP) is -0.0853. The van der Waals surface area contributed by atoms with Crippen LogP contribution in [0.3, 0.4) is 0 Å². The molecule has 7 heteroatoms. The molecule has 1 amide bonds. The summed E-state index contributed by atoms with van der Waals surface area (Å²) in [6.45, 7) is 1.98. The lowest BCUT2D eigenvalue weighted by Gasteiger charge is -2.31. The van der Waals surface area contributed by atoms with E-state index in [0.29, 0.717) is 37.8 Å². The standard InChI is InChI=1S/C14H25N3O3S/c1-21(19,20)17-7-5-11(6-8-17)16-14(18)13-12-4-2-3-10(12)9-15-13/h10-13,15H,2-9H2,1H3,(H,16,18). The zero-order valence-electron chi connectivity index (χ0n) is 12.5. The molecule has 0 radical (unpaired) electrons. The van der Waals surface area contributed by atoms with Crippen molar-refractivity contribution in [1.29, 1.82) is 0 Å². The minimum Gasteiger partial charge on any atom is -0.352 e. The SMILES string of the molecule is CS(=O)(=O)N1CCC(NC(=O)C2NCC3CCCC32)CC1. The van der Waals surface area contributed by atoms with Crippen molar-refractivity contribution >= 4 is 15.9 Å². The van der Waals surface area contributed by atoms with Gasteiger partial charge >= 0.3 is 0 Å². The van der Waals surface area contributed by atoms with Gasteiger partial charge < -0.3 is 10.6 Å². The number of hydrogen-bond acceptors (Lipinski definition) is 4. The molecule has 0 aromatic carbocycles. The Morgan fingerprint density at radius 2 is 1.90 bits per heavy atom. The molecule has 2 saturated heterocycles. The molecule has 120 valence electrons. The van der Waals surface area contributed by atoms with Gasteiger partial charge in [0.25, 0.3) is 0 Å². The summed E-state index contributed by atoms with van der Waals surface area (Å²) in [5.74, 6) is 1.29. The summed E-state index contributed by atoms with van der Waals surface area (Å²) in [6, 6.07) is 0.0724. The van der Waals surface area contributed by atoms with Crippen LogP contribution in [-0.4, -0.2) is 56.6 Å². The van der Waals surface area contributed by atoms with Crippen LogP contribution >= 0.6 is 0 Å². The molecule has 1 aliphatic carbocycles. The molecule has 6 nitrogen and oxygen atoms in total. The lowest BCUT2D eigenvalue weighted by Crippen LogP contribution is -2.51. The van der Waals surface area contributed by atoms with Crippen LogP contribution < -0.4 is 10.6 Å². The van der Waals surface area contributed by atoms with Crippen molar-refractivity contribution in [3.8, 4) is 0 Å². The van der Waals surface area contributed by atoms with Gasteiger partial charge in [-0.05, 0) is 44.1 Å². The first-order valence-electron chi connectivity index (χ1n) is 7.94. The fourth-order valence-electron chi connectivity index (χ4n) is 4.10. The number of nitrogens with one attached hydrogen (secondary N) is 2. The smallest absolute Gasteiger partial charge is 0.237 e. The Labute approximate surface area is 126 Å². The van der Waals surface area contributed by atoms with Gasteiger partial charge in [0.05, 0.1) is 12.3 Å². The van der Waals surface area contributed by atoms with E-state index in [1.165, 1.54) is 23.4 Å². The van der Waals surface area contributed by atoms with Gasteiger partial charge in [0.1, 0.15) is 0 Å². The third kappa shape index (κ3) is 3.24. The highest BCUT2D eigenvalue weighted by molar-refractivity contribution is 7.88. The second-order valence-electron chi connectivity index (χ2n) is 6.69. The van der Waals surface area contributed by atoms with Gasteiger partial charge in [0.2, 0.25) is 15.9 Å². The largest absolute Gasteiger partial charge is 0.352 e. The highest BCUT2D eigenvalue weighted by atomic mass is 32.2. The Balaban J connectivity index is 1.50. The number of hydrogen-bond donors (Lipinski definition) is 2. The maximum Gasteiger partial charge on any atom is 0.237 e. The second-order valence-corrected chi connectivity index (χ2v) is 8.67. The van der Waals surface area contributed by atoms with Gasteiger partial charge in [-0.2, -0.15) is 0 Å². The van der Waals surface area contributed by atoms with E-state index in [0.717, 1.165) is 13.0 Å². The molecule has 2 heterocycles. The average molecular weight is 315 g/mol. The Hall–Kier alpha value is -0.660. The fraction of sp³-hybridized carbons (Fsp3) is 0.929. The number of carbonyl (C=O) groups is 1. The third-order valence-electron chi connectivity index (χ3n) is 5.30. The van der Waals surface area contributed by atoms with E-state index in [2.05, 4.69) is 10.6 Å². The van der Waals surface area contributed by atoms with Crippen molar-refractivity contribution in [1.82, 2.24) is 14.9 Å². The molecule has 2 N–H and O–H groups in total. The van der Waals surface area contributed by atoms with Crippen LogP contribution in [0.5, 0.6) is 0 Å². The minimum absolute atomic E-state index is 0.0366. The molecule has 3 unspecified atom stereocenters. The number of rotatable bonds is 3. The van der Waals surface area contributed by atoms with Crippen molar-refractivity contribution in [3.63, 3.8) is 0 Å². The third-order valence-corrected chi connectivity index (χ3v) is 6.60. The highest BCUT2D eigenvalue weighted by Crippen LogP contribution is 2.37. The van der Waals surface area contributed by atoms with Gasteiger partial charge in [-0.15, -0.1) is 0 Å². The molecule has 0 spiro atoms. The Morgan fingerprint density at radius 1 is 1.19 bits per heavy atom. The Kier molecular flexibility index (Phi) is 4.25. The van der Waals surface area contributed by atoms with Crippen LogP contribution in [0.15, 0.2) is 0 Å². The normalized spacial score (nSPS) is 34.8. The number of sulfonamides is 1. The van der Waals surface area contributed by atoms with Crippen molar-refractivity contribution < 1.29 is 13.2 Å². The molecule has 3 rings (SSSR count). The van der Waals surface area contributed by atoms with Crippen LogP contribution in [0.4, 0.5) is 0 Å². The molecule has 21 heavy (non-hydrogen) atoms. The summed E-state index contributed by atoms with van der Waals surface area (Å²) in [5, 5.41) is 6.49. The molecule has 0 aromatic rings. The van der Waals surface area contributed by atoms with Gasteiger partial charge in [-0.3, -0.25) is 4.79 Å². The molecule has 0 bridgehead atoms. The molecular formula is C14H25N3O3S. The molecule has 3 fully saturated rings. The topological polar surface area (TPSA) is 78.5 Å². The summed E-state index contributed by atoms with van der Waals surface area (Å²) in [7, 11) is -3.10. The Bertz CT molecular complexity index is 500. The summed E-state index contributed by atoms with van der Waals surface area (Å²) >= 11 is 0. The van der Waals surface area contributed by atoms with Crippen molar-refractivity contribution in [2.75, 3.05) is 25.9 Å². The van der Waals surface area contributed by atoms with E-state index in [4.69, 9.17) is 0 Å². The van der Waals surface area contributed by atoms with Gasteiger partial charge in [-0.25, -0.2) is 12.7 Å². The van der Waals surface area contributed by atoms with E-state index in [9.17, 15) is 13.2 Å². The molecule has 0 aromatic heterocycles. The zero-order chi connectivity index (χ0) is 15.0. The number of piperidine rings is 1. The monoisotopic (exact) mass is 315 g/mol. The molecule has 3 atom stereocenters. The number of fused-ring (bicyclic) bond motifs is 1.